The molecule has 0 radical (unpaired) electrons. The lowest BCUT2D eigenvalue weighted by Gasteiger charge is -2.21. The Labute approximate surface area is 174 Å². The van der Waals surface area contributed by atoms with Crippen LogP contribution in [0.15, 0.2) is 63.5 Å². The Morgan fingerprint density at radius 3 is 2.87 bits per heavy atom. The third-order valence-corrected chi connectivity index (χ3v) is 5.53. The lowest BCUT2D eigenvalue weighted by atomic mass is 10.0. The molecule has 0 fully saturated rings. The molecule has 1 atom stereocenters. The third kappa shape index (κ3) is 4.30. The second-order valence-electron chi connectivity index (χ2n) is 6.80. The Morgan fingerprint density at radius 1 is 1.33 bits per heavy atom. The van der Waals surface area contributed by atoms with Crippen molar-refractivity contribution in [1.82, 2.24) is 9.88 Å². The van der Waals surface area contributed by atoms with Gasteiger partial charge in [-0.1, -0.05) is 6.07 Å². The number of thioether (sulfide) groups is 1. The van der Waals surface area contributed by atoms with E-state index in [0.29, 0.717) is 28.6 Å². The van der Waals surface area contributed by atoms with Gasteiger partial charge in [0.1, 0.15) is 6.04 Å². The van der Waals surface area contributed by atoms with Gasteiger partial charge in [0.05, 0.1) is 41.9 Å². The molecule has 1 aliphatic heterocycles. The number of rotatable bonds is 6. The summed E-state index contributed by atoms with van der Waals surface area (Å²) in [5, 5.41) is 14.2. The molecule has 3 aromatic rings. The first-order valence-electron chi connectivity index (χ1n) is 9.13. The molecule has 0 spiro atoms. The lowest BCUT2D eigenvalue weighted by Crippen LogP contribution is -2.33. The van der Waals surface area contributed by atoms with Crippen molar-refractivity contribution >= 4 is 28.9 Å². The molecule has 1 aromatic carbocycles. The van der Waals surface area contributed by atoms with Gasteiger partial charge in [0.25, 0.3) is 0 Å². The summed E-state index contributed by atoms with van der Waals surface area (Å²) in [6.45, 7) is 0.330. The van der Waals surface area contributed by atoms with Crippen molar-refractivity contribution in [2.75, 3.05) is 5.75 Å². The summed E-state index contributed by atoms with van der Waals surface area (Å²) in [5.74, 6) is 0.772. The number of nitriles is 1. The van der Waals surface area contributed by atoms with Gasteiger partial charge in [-0.05, 0) is 23.6 Å². The van der Waals surface area contributed by atoms with E-state index >= 15 is 0 Å². The number of halogens is 3. The smallest absolute Gasteiger partial charge is 0.407 e. The molecule has 1 N–H and O–H groups in total. The molecule has 1 aliphatic rings. The number of furan rings is 1. The number of benzene rings is 1. The molecule has 1 unspecified atom stereocenters. The van der Waals surface area contributed by atoms with E-state index in [4.69, 9.17) is 4.42 Å². The molecular weight excluding hydrogens is 413 g/mol. The second kappa shape index (κ2) is 8.42. The number of hydrogen-bond donors (Lipinski definition) is 1. The van der Waals surface area contributed by atoms with E-state index in [0.717, 1.165) is 11.4 Å². The van der Waals surface area contributed by atoms with Crippen LogP contribution in [0, 0.1) is 11.3 Å². The first-order chi connectivity index (χ1) is 14.5. The quantitative estimate of drug-likeness (QED) is 0.587. The number of allylic oxidation sites excluding steroid dienone is 1. The molecule has 3 heterocycles. The highest BCUT2D eigenvalue weighted by Crippen LogP contribution is 2.38. The van der Waals surface area contributed by atoms with Crippen molar-refractivity contribution in [3.8, 4) is 6.07 Å². The predicted octanol–water partition coefficient (Wildman–Crippen LogP) is 5.16. The van der Waals surface area contributed by atoms with E-state index in [1.54, 1.807) is 40.7 Å². The number of nitrogens with zero attached hydrogens (tertiary/aromatic N) is 3. The zero-order valence-corrected chi connectivity index (χ0v) is 16.5. The van der Waals surface area contributed by atoms with Gasteiger partial charge in [-0.15, -0.1) is 11.8 Å². The summed E-state index contributed by atoms with van der Waals surface area (Å²) in [4.78, 5) is 4.33. The van der Waals surface area contributed by atoms with E-state index < -0.39 is 12.2 Å². The van der Waals surface area contributed by atoms with Gasteiger partial charge < -0.3 is 8.98 Å². The van der Waals surface area contributed by atoms with Gasteiger partial charge >= 0.3 is 6.18 Å². The van der Waals surface area contributed by atoms with Gasteiger partial charge in [0, 0.05) is 41.2 Å². The summed E-state index contributed by atoms with van der Waals surface area (Å²) < 4.78 is 48.6. The van der Waals surface area contributed by atoms with Crippen molar-refractivity contribution in [2.24, 2.45) is 4.99 Å². The van der Waals surface area contributed by atoms with Crippen LogP contribution in [0.25, 0.3) is 10.9 Å². The van der Waals surface area contributed by atoms with Crippen LogP contribution in [-0.2, 0) is 13.1 Å². The lowest BCUT2D eigenvalue weighted by molar-refractivity contribution is -0.157. The van der Waals surface area contributed by atoms with Gasteiger partial charge in [-0.2, -0.15) is 18.4 Å². The average molecular weight is 430 g/mol. The minimum absolute atomic E-state index is 0.00964. The van der Waals surface area contributed by atoms with Crippen molar-refractivity contribution in [3.63, 3.8) is 0 Å². The van der Waals surface area contributed by atoms with Crippen molar-refractivity contribution in [1.29, 1.82) is 5.26 Å². The summed E-state index contributed by atoms with van der Waals surface area (Å²) in [7, 11) is 0. The number of hydrogen-bond acceptors (Lipinski definition) is 5. The Balaban J connectivity index is 1.76. The molecule has 0 amide bonds. The molecule has 9 heteroatoms. The van der Waals surface area contributed by atoms with E-state index in [9.17, 15) is 18.4 Å². The zero-order chi connectivity index (χ0) is 21.1. The standard InChI is InChI=1S/C21H17F3N4OS/c22-21(23,24)20(27-9-15-3-5-29-12-15)18-11-28(10-16-13-30-6-4-26-16)19-7-14(8-25)1-2-17(18)19/h1-5,7,11-13,20,27H,6,9-10H2. The molecule has 5 nitrogen and oxygen atoms in total. The van der Waals surface area contributed by atoms with E-state index in [1.807, 2.05) is 5.41 Å². The van der Waals surface area contributed by atoms with Crippen LogP contribution in [0.2, 0.25) is 0 Å². The first-order valence-corrected chi connectivity index (χ1v) is 10.2. The summed E-state index contributed by atoms with van der Waals surface area (Å²) >= 11 is 1.58. The fraction of sp³-hybridized carbons (Fsp3) is 0.238. The normalized spacial score (nSPS) is 15.2. The Hall–Kier alpha value is -2.96. The molecule has 0 saturated heterocycles. The van der Waals surface area contributed by atoms with Gasteiger partial charge in [0.2, 0.25) is 0 Å². The number of aromatic nitrogens is 1. The van der Waals surface area contributed by atoms with Crippen LogP contribution in [0.5, 0.6) is 0 Å². The highest BCUT2D eigenvalue weighted by molar-refractivity contribution is 8.02. The number of alkyl halides is 3. The van der Waals surface area contributed by atoms with Crippen LogP contribution >= 0.6 is 11.8 Å². The van der Waals surface area contributed by atoms with Crippen LogP contribution in [-0.4, -0.2) is 22.7 Å². The maximum absolute atomic E-state index is 14.0. The second-order valence-corrected chi connectivity index (χ2v) is 7.70. The SMILES string of the molecule is N#Cc1ccc2c(C(NCc3ccoc3)C(F)(F)F)cn(CC3=CSCC=N3)c2c1. The highest BCUT2D eigenvalue weighted by atomic mass is 32.2. The van der Waals surface area contributed by atoms with Crippen LogP contribution in [0.1, 0.15) is 22.7 Å². The van der Waals surface area contributed by atoms with Gasteiger partial charge in [0.15, 0.2) is 0 Å². The molecule has 30 heavy (non-hydrogen) atoms. The highest BCUT2D eigenvalue weighted by Gasteiger charge is 2.42. The van der Waals surface area contributed by atoms with Crippen molar-refractivity contribution < 1.29 is 17.6 Å². The molecular formula is C21H17F3N4OS. The van der Waals surface area contributed by atoms with Crippen LogP contribution in [0.3, 0.4) is 0 Å². The fourth-order valence-corrected chi connectivity index (χ4v) is 3.98. The van der Waals surface area contributed by atoms with Crippen LogP contribution in [0.4, 0.5) is 13.2 Å². The van der Waals surface area contributed by atoms with E-state index in [-0.39, 0.29) is 12.1 Å². The number of aliphatic imine (C=N–C) groups is 1. The third-order valence-electron chi connectivity index (χ3n) is 4.75. The molecule has 0 saturated carbocycles. The number of nitrogens with one attached hydrogen (secondary N) is 1. The topological polar surface area (TPSA) is 66.2 Å². The molecule has 4 rings (SSSR count). The Bertz CT molecular complexity index is 1140. The minimum Gasteiger partial charge on any atom is -0.472 e. The van der Waals surface area contributed by atoms with Gasteiger partial charge in [-0.3, -0.25) is 10.3 Å². The van der Waals surface area contributed by atoms with Crippen molar-refractivity contribution in [2.45, 2.75) is 25.3 Å². The molecule has 0 aliphatic carbocycles. The monoisotopic (exact) mass is 430 g/mol. The van der Waals surface area contributed by atoms with Crippen LogP contribution < -0.4 is 5.32 Å². The molecule has 2 aromatic heterocycles. The van der Waals surface area contributed by atoms with Gasteiger partial charge in [-0.25, -0.2) is 0 Å². The first kappa shape index (κ1) is 20.3. The average Bonchev–Trinajstić information content (AvgIpc) is 3.36. The molecule has 0 bridgehead atoms. The Morgan fingerprint density at radius 2 is 2.20 bits per heavy atom. The minimum atomic E-state index is -4.51. The zero-order valence-electron chi connectivity index (χ0n) is 15.7. The van der Waals surface area contributed by atoms with Crippen molar-refractivity contribution in [3.05, 3.63) is 70.8 Å². The van der Waals surface area contributed by atoms with E-state index in [2.05, 4.69) is 16.4 Å². The fourth-order valence-electron chi connectivity index (χ4n) is 3.39. The number of fused-ring (bicyclic) bond motifs is 1. The largest absolute Gasteiger partial charge is 0.472 e. The molecule has 154 valence electrons. The summed E-state index contributed by atoms with van der Waals surface area (Å²) in [6, 6.07) is 6.52. The predicted molar refractivity (Wildman–Crippen MR) is 110 cm³/mol. The summed E-state index contributed by atoms with van der Waals surface area (Å²) in [5.41, 5.74) is 2.44. The summed E-state index contributed by atoms with van der Waals surface area (Å²) in [6.07, 6.45) is 1.61. The van der Waals surface area contributed by atoms with E-state index in [1.165, 1.54) is 24.8 Å². The maximum atomic E-state index is 14.0. The Kier molecular flexibility index (Phi) is 5.70. The maximum Gasteiger partial charge on any atom is 0.407 e.